The Bertz CT molecular complexity index is 380. The van der Waals surface area contributed by atoms with Crippen LogP contribution in [0, 0.1) is 0 Å². The summed E-state index contributed by atoms with van der Waals surface area (Å²) in [6.45, 7) is 2.68. The lowest BCUT2D eigenvalue weighted by atomic mass is 9.96. The highest BCUT2D eigenvalue weighted by Crippen LogP contribution is 2.24. The fourth-order valence-electron chi connectivity index (χ4n) is 2.62. The van der Waals surface area contributed by atoms with E-state index in [0.717, 1.165) is 38.7 Å². The molecule has 1 N–H and O–H groups in total. The highest BCUT2D eigenvalue weighted by atomic mass is 16.5. The predicted molar refractivity (Wildman–Crippen MR) is 83.6 cm³/mol. The van der Waals surface area contributed by atoms with Gasteiger partial charge in [-0.3, -0.25) is 4.79 Å². The minimum atomic E-state index is -0.660. The number of unbranched alkanes of at least 4 members (excludes halogenated alkanes) is 4. The van der Waals surface area contributed by atoms with Crippen LogP contribution >= 0.6 is 0 Å². The first-order valence-electron chi connectivity index (χ1n) is 8.25. The molecule has 0 radical (unpaired) electrons. The van der Waals surface area contributed by atoms with Crippen molar-refractivity contribution in [2.24, 2.45) is 0 Å². The number of allylic oxidation sites excluding steroid dienone is 1. The Balaban J connectivity index is 2.31. The number of ether oxygens (including phenoxy) is 2. The molecule has 0 aromatic carbocycles. The first-order chi connectivity index (χ1) is 10.6. The molecule has 126 valence electrons. The lowest BCUT2D eigenvalue weighted by Crippen LogP contribution is -2.33. The molecule has 5 nitrogen and oxygen atoms in total. The molecule has 0 amide bonds. The van der Waals surface area contributed by atoms with E-state index in [2.05, 4.69) is 0 Å². The topological polar surface area (TPSA) is 72.8 Å². The Morgan fingerprint density at radius 3 is 2.55 bits per heavy atom. The summed E-state index contributed by atoms with van der Waals surface area (Å²) >= 11 is 0. The van der Waals surface area contributed by atoms with Gasteiger partial charge in [0.1, 0.15) is 17.4 Å². The maximum Gasteiger partial charge on any atom is 0.345 e. The Hall–Kier alpha value is -1.36. The first kappa shape index (κ1) is 18.7. The van der Waals surface area contributed by atoms with Gasteiger partial charge >= 0.3 is 5.97 Å². The van der Waals surface area contributed by atoms with Gasteiger partial charge in [0.05, 0.1) is 0 Å². The summed E-state index contributed by atoms with van der Waals surface area (Å²) in [5.41, 5.74) is -0.141. The maximum absolute atomic E-state index is 12.0. The lowest BCUT2D eigenvalue weighted by Gasteiger charge is -2.23. The fourth-order valence-corrected chi connectivity index (χ4v) is 2.62. The highest BCUT2D eigenvalue weighted by molar-refractivity contribution is 6.19. The van der Waals surface area contributed by atoms with Crippen molar-refractivity contribution in [3.05, 3.63) is 11.3 Å². The summed E-state index contributed by atoms with van der Waals surface area (Å²) < 4.78 is 10.3. The molecular weight excluding hydrogens is 284 g/mol. The second-order valence-electron chi connectivity index (χ2n) is 5.78. The third-order valence-electron chi connectivity index (χ3n) is 3.82. The number of hydrogen-bond donors (Lipinski definition) is 1. The van der Waals surface area contributed by atoms with E-state index in [1.54, 1.807) is 7.11 Å². The zero-order valence-electron chi connectivity index (χ0n) is 13.7. The normalized spacial score (nSPS) is 20.9. The van der Waals surface area contributed by atoms with E-state index < -0.39 is 5.97 Å². The molecule has 1 atom stereocenters. The number of aliphatic hydroxyl groups excluding tert-OH is 1. The number of carbonyl (C=O) groups excluding carboxylic acids is 2. The summed E-state index contributed by atoms with van der Waals surface area (Å²) in [4.78, 5) is 23.9. The molecule has 0 aromatic heterocycles. The number of methoxy groups -OCH3 is 1. The van der Waals surface area contributed by atoms with Crippen LogP contribution in [-0.2, 0) is 19.1 Å². The lowest BCUT2D eigenvalue weighted by molar-refractivity contribution is -0.151. The van der Waals surface area contributed by atoms with Gasteiger partial charge in [-0.1, -0.05) is 26.2 Å². The van der Waals surface area contributed by atoms with Crippen LogP contribution in [0.1, 0.15) is 64.7 Å². The van der Waals surface area contributed by atoms with Crippen molar-refractivity contribution in [1.82, 2.24) is 0 Å². The molecule has 22 heavy (non-hydrogen) atoms. The van der Waals surface area contributed by atoms with E-state index in [-0.39, 0.29) is 29.6 Å². The Labute approximate surface area is 132 Å². The van der Waals surface area contributed by atoms with Crippen LogP contribution in [0.2, 0.25) is 0 Å². The van der Waals surface area contributed by atoms with Crippen molar-refractivity contribution in [2.75, 3.05) is 13.7 Å². The largest absolute Gasteiger partial charge is 0.511 e. The van der Waals surface area contributed by atoms with Gasteiger partial charge in [0.25, 0.3) is 0 Å². The number of ketones is 1. The van der Waals surface area contributed by atoms with E-state index in [1.165, 1.54) is 0 Å². The minimum Gasteiger partial charge on any atom is -0.511 e. The quantitative estimate of drug-likeness (QED) is 0.220. The molecule has 0 spiro atoms. The van der Waals surface area contributed by atoms with Crippen LogP contribution in [0.5, 0.6) is 0 Å². The number of hydrogen-bond acceptors (Lipinski definition) is 5. The molecule has 1 unspecified atom stereocenters. The van der Waals surface area contributed by atoms with Crippen LogP contribution in [-0.4, -0.2) is 36.7 Å². The molecule has 0 bridgehead atoms. The van der Waals surface area contributed by atoms with Gasteiger partial charge in [0, 0.05) is 26.6 Å². The monoisotopic (exact) mass is 312 g/mol. The van der Waals surface area contributed by atoms with E-state index in [9.17, 15) is 14.7 Å². The van der Waals surface area contributed by atoms with Gasteiger partial charge in [0.15, 0.2) is 5.78 Å². The van der Waals surface area contributed by atoms with E-state index >= 15 is 0 Å². The van der Waals surface area contributed by atoms with Crippen molar-refractivity contribution in [3.63, 3.8) is 0 Å². The van der Waals surface area contributed by atoms with Crippen molar-refractivity contribution < 1.29 is 24.2 Å². The maximum atomic E-state index is 12.0. The molecular formula is C17H28O5. The summed E-state index contributed by atoms with van der Waals surface area (Å²) in [6, 6.07) is 0. The second-order valence-corrected chi connectivity index (χ2v) is 5.78. The fraction of sp³-hybridized carbons (Fsp3) is 0.765. The van der Waals surface area contributed by atoms with Crippen LogP contribution in [0.3, 0.4) is 0 Å². The summed E-state index contributed by atoms with van der Waals surface area (Å²) in [5.74, 6) is -1.08. The number of Topliss-reactive ketones (excluding diaryl/α,β-unsaturated/α-hetero) is 1. The summed E-state index contributed by atoms with van der Waals surface area (Å²) in [6.07, 6.45) is 6.92. The standard InChI is InChI=1S/C17H28O5/c1-3-9-14(18)16-15(19)12-13(22-17(16)20)10-7-5-4-6-8-11-21-2/h13,18H,3-12H2,1-2H3/b16-14+. The van der Waals surface area contributed by atoms with Crippen molar-refractivity contribution in [2.45, 2.75) is 70.8 Å². The van der Waals surface area contributed by atoms with Crippen molar-refractivity contribution >= 4 is 11.8 Å². The molecule has 1 heterocycles. The average Bonchev–Trinajstić information content (AvgIpc) is 2.46. The molecule has 0 aliphatic carbocycles. The smallest absolute Gasteiger partial charge is 0.345 e. The van der Waals surface area contributed by atoms with E-state index in [1.807, 2.05) is 6.92 Å². The van der Waals surface area contributed by atoms with E-state index in [0.29, 0.717) is 19.3 Å². The zero-order valence-corrected chi connectivity index (χ0v) is 13.7. The zero-order chi connectivity index (χ0) is 16.4. The molecule has 0 saturated carbocycles. The molecule has 5 heteroatoms. The Morgan fingerprint density at radius 2 is 1.91 bits per heavy atom. The average molecular weight is 312 g/mol. The number of esters is 1. The van der Waals surface area contributed by atoms with Crippen LogP contribution in [0.15, 0.2) is 11.3 Å². The summed E-state index contributed by atoms with van der Waals surface area (Å²) in [5, 5.41) is 9.77. The van der Waals surface area contributed by atoms with Crippen LogP contribution in [0.4, 0.5) is 0 Å². The highest BCUT2D eigenvalue weighted by Gasteiger charge is 2.34. The first-order valence-corrected chi connectivity index (χ1v) is 8.25. The van der Waals surface area contributed by atoms with Gasteiger partial charge in [-0.05, 0) is 25.7 Å². The molecule has 1 aliphatic heterocycles. The predicted octanol–water partition coefficient (Wildman–Crippen LogP) is 3.47. The third-order valence-corrected chi connectivity index (χ3v) is 3.82. The van der Waals surface area contributed by atoms with Crippen LogP contribution < -0.4 is 0 Å². The van der Waals surface area contributed by atoms with Crippen molar-refractivity contribution in [1.29, 1.82) is 0 Å². The minimum absolute atomic E-state index is 0.130. The van der Waals surface area contributed by atoms with Gasteiger partial charge in [-0.15, -0.1) is 0 Å². The third kappa shape index (κ3) is 6.18. The number of carbonyl (C=O) groups is 2. The molecule has 0 aromatic rings. The van der Waals surface area contributed by atoms with Gasteiger partial charge in [0.2, 0.25) is 0 Å². The molecule has 1 saturated heterocycles. The van der Waals surface area contributed by atoms with Crippen molar-refractivity contribution in [3.8, 4) is 0 Å². The number of cyclic esters (lactones) is 1. The van der Waals surface area contributed by atoms with Gasteiger partial charge < -0.3 is 14.6 Å². The molecule has 1 fully saturated rings. The number of rotatable bonds is 10. The van der Waals surface area contributed by atoms with Gasteiger partial charge in [-0.25, -0.2) is 4.79 Å². The Kier molecular flexibility index (Phi) is 8.82. The molecule has 1 rings (SSSR count). The van der Waals surface area contributed by atoms with E-state index in [4.69, 9.17) is 9.47 Å². The Morgan fingerprint density at radius 1 is 1.23 bits per heavy atom. The summed E-state index contributed by atoms with van der Waals surface area (Å²) in [7, 11) is 1.70. The van der Waals surface area contributed by atoms with Gasteiger partial charge in [-0.2, -0.15) is 0 Å². The number of aliphatic hydroxyl groups is 1. The second kappa shape index (κ2) is 10.4. The SMILES string of the molecule is CCC/C(O)=C1/C(=O)CC(CCCCCCCOC)OC1=O. The van der Waals surface area contributed by atoms with Crippen LogP contribution in [0.25, 0.3) is 0 Å². The molecule has 1 aliphatic rings.